The van der Waals surface area contributed by atoms with Crippen LogP contribution in [0.25, 0.3) is 10.4 Å². The molecule has 15 heavy (non-hydrogen) atoms. The molecule has 1 aliphatic carbocycles. The van der Waals surface area contributed by atoms with Gasteiger partial charge in [0.1, 0.15) is 0 Å². The molecule has 0 bridgehead atoms. The number of nitrogens with two attached hydrogens (primary N) is 1. The predicted molar refractivity (Wildman–Crippen MR) is 61.7 cm³/mol. The molecule has 0 atom stereocenters. The van der Waals surface area contributed by atoms with E-state index in [1.54, 1.807) is 23.7 Å². The predicted octanol–water partition coefficient (Wildman–Crippen LogP) is 2.66. The molecule has 1 aliphatic rings. The van der Waals surface area contributed by atoms with Gasteiger partial charge in [0, 0.05) is 35.8 Å². The van der Waals surface area contributed by atoms with E-state index in [1.165, 1.54) is 17.8 Å². The van der Waals surface area contributed by atoms with Gasteiger partial charge in [-0.3, -0.25) is 4.98 Å². The first-order valence-electron chi connectivity index (χ1n) is 5.00. The first-order valence-corrected chi connectivity index (χ1v) is 5.82. The van der Waals surface area contributed by atoms with Crippen molar-refractivity contribution in [3.63, 3.8) is 0 Å². The highest BCUT2D eigenvalue weighted by molar-refractivity contribution is 7.15. The molecule has 0 aliphatic heterocycles. The fourth-order valence-corrected chi connectivity index (χ4v) is 2.66. The first-order chi connectivity index (χ1) is 7.34. The molecule has 0 radical (unpaired) electrons. The molecule has 2 heterocycles. The van der Waals surface area contributed by atoms with Crippen LogP contribution in [0.3, 0.4) is 0 Å². The molecule has 0 amide bonds. The van der Waals surface area contributed by atoms with Crippen molar-refractivity contribution >= 4 is 17.0 Å². The van der Waals surface area contributed by atoms with Crippen molar-refractivity contribution in [3.8, 4) is 10.4 Å². The summed E-state index contributed by atoms with van der Waals surface area (Å²) in [6.07, 6.45) is 8.00. The van der Waals surface area contributed by atoms with Crippen LogP contribution in [0.15, 0.2) is 24.7 Å². The van der Waals surface area contributed by atoms with Crippen molar-refractivity contribution in [1.29, 1.82) is 0 Å². The molecule has 2 N–H and O–H groups in total. The van der Waals surface area contributed by atoms with Crippen molar-refractivity contribution in [2.45, 2.75) is 18.8 Å². The van der Waals surface area contributed by atoms with Gasteiger partial charge < -0.3 is 5.73 Å². The van der Waals surface area contributed by atoms with Gasteiger partial charge in [0.15, 0.2) is 0 Å². The normalized spacial score (nSPS) is 15.5. The third-order valence-electron chi connectivity index (χ3n) is 2.57. The van der Waals surface area contributed by atoms with Crippen LogP contribution < -0.4 is 5.73 Å². The quantitative estimate of drug-likeness (QED) is 0.841. The summed E-state index contributed by atoms with van der Waals surface area (Å²) in [5, 5.41) is 1.24. The van der Waals surface area contributed by atoms with Crippen LogP contribution in [0.2, 0.25) is 0 Å². The minimum absolute atomic E-state index is 0.710. The maximum Gasteiger partial charge on any atom is 0.0962 e. The lowest BCUT2D eigenvalue weighted by Gasteiger charge is -1.99. The molecule has 0 saturated heterocycles. The van der Waals surface area contributed by atoms with Gasteiger partial charge in [-0.05, 0) is 18.9 Å². The highest BCUT2D eigenvalue weighted by Gasteiger charge is 2.26. The number of hydrogen-bond acceptors (Lipinski definition) is 4. The Balaban J connectivity index is 2.01. The number of pyridine rings is 1. The number of nitrogens with zero attached hydrogens (tertiary/aromatic N) is 2. The van der Waals surface area contributed by atoms with E-state index >= 15 is 0 Å². The fourth-order valence-electron chi connectivity index (χ4n) is 1.54. The maximum absolute atomic E-state index is 5.89. The minimum atomic E-state index is 0.710. The summed E-state index contributed by atoms with van der Waals surface area (Å²) in [5.41, 5.74) is 7.67. The average Bonchev–Trinajstić information content (AvgIpc) is 2.99. The Morgan fingerprint density at radius 2 is 2.20 bits per heavy atom. The molecular formula is C11H11N3S. The van der Waals surface area contributed by atoms with E-state index in [2.05, 4.69) is 9.97 Å². The second-order valence-electron chi connectivity index (χ2n) is 3.80. The van der Waals surface area contributed by atoms with E-state index in [1.807, 2.05) is 12.3 Å². The van der Waals surface area contributed by atoms with E-state index in [9.17, 15) is 0 Å². The molecular weight excluding hydrogens is 206 g/mol. The van der Waals surface area contributed by atoms with Crippen molar-refractivity contribution in [1.82, 2.24) is 9.97 Å². The van der Waals surface area contributed by atoms with Crippen molar-refractivity contribution < 1.29 is 0 Å². The van der Waals surface area contributed by atoms with Gasteiger partial charge in [-0.15, -0.1) is 11.3 Å². The molecule has 0 unspecified atom stereocenters. The van der Waals surface area contributed by atoms with E-state index in [0.717, 1.165) is 16.1 Å². The zero-order chi connectivity index (χ0) is 10.3. The second kappa shape index (κ2) is 3.31. The fraction of sp³-hybridized carbons (Fsp3) is 0.273. The zero-order valence-corrected chi connectivity index (χ0v) is 9.00. The Kier molecular flexibility index (Phi) is 1.95. The van der Waals surface area contributed by atoms with Gasteiger partial charge in [0.2, 0.25) is 0 Å². The third kappa shape index (κ3) is 1.61. The monoisotopic (exact) mass is 217 g/mol. The molecule has 1 fully saturated rings. The smallest absolute Gasteiger partial charge is 0.0962 e. The largest absolute Gasteiger partial charge is 0.398 e. The third-order valence-corrected chi connectivity index (χ3v) is 3.76. The van der Waals surface area contributed by atoms with E-state index in [-0.39, 0.29) is 0 Å². The summed E-state index contributed by atoms with van der Waals surface area (Å²) in [4.78, 5) is 9.65. The highest BCUT2D eigenvalue weighted by atomic mass is 32.1. The summed E-state index contributed by atoms with van der Waals surface area (Å²) in [7, 11) is 0. The van der Waals surface area contributed by atoms with Crippen molar-refractivity contribution in [2.75, 3.05) is 5.73 Å². The summed E-state index contributed by atoms with van der Waals surface area (Å²) in [6.45, 7) is 0. The van der Waals surface area contributed by atoms with Gasteiger partial charge in [-0.1, -0.05) is 0 Å². The average molecular weight is 217 g/mol. The Morgan fingerprint density at radius 1 is 1.33 bits per heavy atom. The summed E-state index contributed by atoms with van der Waals surface area (Å²) in [5.74, 6) is 0.710. The molecule has 2 aromatic heterocycles. The molecule has 0 spiro atoms. The van der Waals surface area contributed by atoms with Crippen LogP contribution in [0.5, 0.6) is 0 Å². The minimum Gasteiger partial charge on any atom is -0.398 e. The van der Waals surface area contributed by atoms with Gasteiger partial charge in [0.05, 0.1) is 9.88 Å². The van der Waals surface area contributed by atoms with Gasteiger partial charge in [-0.2, -0.15) is 0 Å². The van der Waals surface area contributed by atoms with Crippen LogP contribution in [0.4, 0.5) is 5.69 Å². The van der Waals surface area contributed by atoms with Crippen LogP contribution in [-0.4, -0.2) is 9.97 Å². The standard InChI is InChI=1S/C11H11N3S/c12-9-3-4-13-5-8(9)10-6-14-11(15-10)7-1-2-7/h3-7H,1-2H2,(H2,12,13). The van der Waals surface area contributed by atoms with E-state index in [4.69, 9.17) is 5.73 Å². The SMILES string of the molecule is Nc1ccncc1-c1cnc(C2CC2)s1. The number of hydrogen-bond donors (Lipinski definition) is 1. The topological polar surface area (TPSA) is 51.8 Å². The number of anilines is 1. The van der Waals surface area contributed by atoms with E-state index < -0.39 is 0 Å². The molecule has 0 aromatic carbocycles. The Bertz CT molecular complexity index is 488. The van der Waals surface area contributed by atoms with Crippen LogP contribution in [0, 0.1) is 0 Å². The molecule has 3 rings (SSSR count). The first kappa shape index (κ1) is 8.85. The van der Waals surface area contributed by atoms with Crippen LogP contribution >= 0.6 is 11.3 Å². The van der Waals surface area contributed by atoms with Gasteiger partial charge in [0.25, 0.3) is 0 Å². The molecule has 1 saturated carbocycles. The number of aromatic nitrogens is 2. The number of rotatable bonds is 2. The Morgan fingerprint density at radius 3 is 2.93 bits per heavy atom. The Hall–Kier alpha value is -1.42. The number of nitrogen functional groups attached to an aromatic ring is 1. The van der Waals surface area contributed by atoms with Gasteiger partial charge >= 0.3 is 0 Å². The zero-order valence-electron chi connectivity index (χ0n) is 8.18. The number of thiazole rings is 1. The lowest BCUT2D eigenvalue weighted by Crippen LogP contribution is -1.88. The summed E-state index contributed by atoms with van der Waals surface area (Å²) < 4.78 is 0. The highest BCUT2D eigenvalue weighted by Crippen LogP contribution is 2.43. The molecule has 4 heteroatoms. The second-order valence-corrected chi connectivity index (χ2v) is 4.86. The lowest BCUT2D eigenvalue weighted by molar-refractivity contribution is 1.08. The summed E-state index contributed by atoms with van der Waals surface area (Å²) >= 11 is 1.74. The molecule has 3 nitrogen and oxygen atoms in total. The Labute approximate surface area is 92.0 Å². The lowest BCUT2D eigenvalue weighted by atomic mass is 10.2. The molecule has 2 aromatic rings. The maximum atomic E-state index is 5.89. The van der Waals surface area contributed by atoms with Crippen molar-refractivity contribution in [2.24, 2.45) is 0 Å². The van der Waals surface area contributed by atoms with Crippen LogP contribution in [0.1, 0.15) is 23.8 Å². The van der Waals surface area contributed by atoms with Gasteiger partial charge in [-0.25, -0.2) is 4.98 Å². The molecule has 76 valence electrons. The van der Waals surface area contributed by atoms with Crippen molar-refractivity contribution in [3.05, 3.63) is 29.7 Å². The van der Waals surface area contributed by atoms with Crippen LogP contribution in [-0.2, 0) is 0 Å². The van der Waals surface area contributed by atoms with E-state index in [0.29, 0.717) is 5.92 Å². The summed E-state index contributed by atoms with van der Waals surface area (Å²) in [6, 6.07) is 1.83.